The molecule has 3 aromatic rings. The Balaban J connectivity index is 1.66. The quantitative estimate of drug-likeness (QED) is 0.550. The van der Waals surface area contributed by atoms with E-state index in [1.807, 2.05) is 30.7 Å². The third kappa shape index (κ3) is 4.65. The second-order valence-electron chi connectivity index (χ2n) is 7.35. The van der Waals surface area contributed by atoms with E-state index in [1.54, 1.807) is 11.8 Å². The largest absolute Gasteiger partial charge is 0.322 e. The fourth-order valence-electron chi connectivity index (χ4n) is 3.03. The first-order valence-electron chi connectivity index (χ1n) is 9.51. The Hall–Kier alpha value is -2.53. The number of carbonyl (C=O) groups is 1. The molecule has 4 nitrogen and oxygen atoms in total. The van der Waals surface area contributed by atoms with Crippen molar-refractivity contribution in [3.8, 4) is 5.69 Å². The minimum Gasteiger partial charge on any atom is -0.322 e. The molecule has 1 aromatic heterocycles. The Morgan fingerprint density at radius 1 is 1.04 bits per heavy atom. The van der Waals surface area contributed by atoms with Crippen molar-refractivity contribution in [3.05, 3.63) is 71.0 Å². The van der Waals surface area contributed by atoms with Crippen molar-refractivity contribution in [3.63, 3.8) is 0 Å². The van der Waals surface area contributed by atoms with Gasteiger partial charge >= 0.3 is 0 Å². The molecule has 28 heavy (non-hydrogen) atoms. The normalized spacial score (nSPS) is 11.1. The number of nitrogens with one attached hydrogen (secondary N) is 1. The molecule has 0 aliphatic rings. The zero-order chi connectivity index (χ0) is 20.3. The molecule has 0 radical (unpaired) electrons. The lowest BCUT2D eigenvalue weighted by Crippen LogP contribution is -2.15. The van der Waals surface area contributed by atoms with Crippen LogP contribution in [-0.2, 0) is 4.79 Å². The third-order valence-corrected chi connectivity index (χ3v) is 5.76. The van der Waals surface area contributed by atoms with Crippen LogP contribution in [0.15, 0.2) is 53.4 Å². The zero-order valence-corrected chi connectivity index (χ0v) is 17.9. The molecule has 0 saturated carbocycles. The molecular formula is C23H27N3OS. The highest BCUT2D eigenvalue weighted by molar-refractivity contribution is 8.00. The number of amides is 1. The highest BCUT2D eigenvalue weighted by Crippen LogP contribution is 2.25. The summed E-state index contributed by atoms with van der Waals surface area (Å²) in [5.41, 5.74) is 6.05. The van der Waals surface area contributed by atoms with E-state index in [9.17, 15) is 4.79 Å². The Kier molecular flexibility index (Phi) is 6.25. The number of hydrogen-bond donors (Lipinski definition) is 1. The van der Waals surface area contributed by atoms with Crippen molar-refractivity contribution in [1.82, 2.24) is 9.78 Å². The van der Waals surface area contributed by atoms with Crippen LogP contribution in [-0.4, -0.2) is 21.4 Å². The highest BCUT2D eigenvalue weighted by Gasteiger charge is 2.15. The molecule has 1 heterocycles. The minimum absolute atomic E-state index is 0.0207. The number of nitrogens with zero attached hydrogens (tertiary/aromatic N) is 2. The maximum Gasteiger partial charge on any atom is 0.234 e. The van der Waals surface area contributed by atoms with Crippen molar-refractivity contribution >= 4 is 23.4 Å². The van der Waals surface area contributed by atoms with Gasteiger partial charge < -0.3 is 5.32 Å². The predicted octanol–water partition coefficient (Wildman–Crippen LogP) is 5.65. The van der Waals surface area contributed by atoms with Crippen molar-refractivity contribution in [2.75, 3.05) is 11.1 Å². The Morgan fingerprint density at radius 2 is 1.68 bits per heavy atom. The van der Waals surface area contributed by atoms with E-state index in [0.717, 1.165) is 27.7 Å². The van der Waals surface area contributed by atoms with Crippen LogP contribution in [0.5, 0.6) is 0 Å². The number of hydrogen-bond acceptors (Lipinski definition) is 3. The van der Waals surface area contributed by atoms with E-state index < -0.39 is 0 Å². The standard InChI is InChI=1S/C23H27N3OS/c1-15(2)19-8-12-21(13-9-19)28-14-22(27)24-23-17(4)25-26(18(23)5)20-10-6-16(3)7-11-20/h6-13,15H,14H2,1-5H3,(H,24,27). The topological polar surface area (TPSA) is 46.9 Å². The van der Waals surface area contributed by atoms with Crippen molar-refractivity contribution in [2.45, 2.75) is 45.4 Å². The fraction of sp³-hybridized carbons (Fsp3) is 0.304. The third-order valence-electron chi connectivity index (χ3n) is 4.75. The first-order valence-corrected chi connectivity index (χ1v) is 10.5. The van der Waals surface area contributed by atoms with Crippen LogP contribution in [0.1, 0.15) is 42.3 Å². The average Bonchev–Trinajstić information content (AvgIpc) is 2.95. The van der Waals surface area contributed by atoms with E-state index in [4.69, 9.17) is 0 Å². The summed E-state index contributed by atoms with van der Waals surface area (Å²) in [6, 6.07) is 16.6. The summed E-state index contributed by atoms with van der Waals surface area (Å²) in [5, 5.41) is 7.64. The molecule has 0 spiro atoms. The van der Waals surface area contributed by atoms with Crippen LogP contribution in [0.3, 0.4) is 0 Å². The summed E-state index contributed by atoms with van der Waals surface area (Å²) in [4.78, 5) is 13.6. The maximum atomic E-state index is 12.5. The molecule has 0 saturated heterocycles. The van der Waals surface area contributed by atoms with Crippen LogP contribution in [0.2, 0.25) is 0 Å². The lowest BCUT2D eigenvalue weighted by atomic mass is 10.0. The molecule has 2 aromatic carbocycles. The van der Waals surface area contributed by atoms with Gasteiger partial charge in [-0.25, -0.2) is 4.68 Å². The van der Waals surface area contributed by atoms with Gasteiger partial charge in [0, 0.05) is 4.90 Å². The fourth-order valence-corrected chi connectivity index (χ4v) is 3.73. The van der Waals surface area contributed by atoms with E-state index >= 15 is 0 Å². The number of benzene rings is 2. The van der Waals surface area contributed by atoms with E-state index in [1.165, 1.54) is 11.1 Å². The summed E-state index contributed by atoms with van der Waals surface area (Å²) >= 11 is 1.55. The lowest BCUT2D eigenvalue weighted by Gasteiger charge is -2.08. The van der Waals surface area contributed by atoms with Gasteiger partial charge in [-0.15, -0.1) is 11.8 Å². The van der Waals surface area contributed by atoms with Gasteiger partial charge in [0.2, 0.25) is 5.91 Å². The summed E-state index contributed by atoms with van der Waals surface area (Å²) in [5.74, 6) is 0.862. The molecule has 0 aliphatic carbocycles. The van der Waals surface area contributed by atoms with Crippen molar-refractivity contribution in [1.29, 1.82) is 0 Å². The molecule has 0 unspecified atom stereocenters. The Bertz CT molecular complexity index is 957. The predicted molar refractivity (Wildman–Crippen MR) is 118 cm³/mol. The summed E-state index contributed by atoms with van der Waals surface area (Å²) < 4.78 is 1.88. The summed E-state index contributed by atoms with van der Waals surface area (Å²) in [6.07, 6.45) is 0. The number of carbonyl (C=O) groups excluding carboxylic acids is 1. The van der Waals surface area contributed by atoms with Crippen LogP contribution in [0.4, 0.5) is 5.69 Å². The zero-order valence-electron chi connectivity index (χ0n) is 17.1. The van der Waals surface area contributed by atoms with E-state index in [0.29, 0.717) is 11.7 Å². The van der Waals surface area contributed by atoms with E-state index in [2.05, 4.69) is 67.6 Å². The molecule has 1 N–H and O–H groups in total. The van der Waals surface area contributed by atoms with Crippen molar-refractivity contribution < 1.29 is 4.79 Å². The van der Waals surface area contributed by atoms with Gasteiger partial charge in [0.05, 0.1) is 28.5 Å². The number of rotatable bonds is 6. The van der Waals surface area contributed by atoms with Gasteiger partial charge in [0.1, 0.15) is 0 Å². The van der Waals surface area contributed by atoms with Gasteiger partial charge in [-0.1, -0.05) is 43.7 Å². The lowest BCUT2D eigenvalue weighted by molar-refractivity contribution is -0.113. The second-order valence-corrected chi connectivity index (χ2v) is 8.40. The molecule has 1 amide bonds. The smallest absolute Gasteiger partial charge is 0.234 e. The Labute approximate surface area is 171 Å². The van der Waals surface area contributed by atoms with Gasteiger partial charge in [-0.3, -0.25) is 4.79 Å². The van der Waals surface area contributed by atoms with Gasteiger partial charge in [-0.2, -0.15) is 5.10 Å². The maximum absolute atomic E-state index is 12.5. The SMILES string of the molecule is Cc1ccc(-n2nc(C)c(NC(=O)CSc3ccc(C(C)C)cc3)c2C)cc1. The molecule has 3 rings (SSSR count). The summed E-state index contributed by atoms with van der Waals surface area (Å²) in [7, 11) is 0. The number of anilines is 1. The monoisotopic (exact) mass is 393 g/mol. The molecule has 0 atom stereocenters. The van der Waals surface area contributed by atoms with E-state index in [-0.39, 0.29) is 5.91 Å². The number of thioether (sulfide) groups is 1. The molecule has 0 fully saturated rings. The van der Waals surface area contributed by atoms with Gasteiger partial charge in [-0.05, 0) is 56.5 Å². The van der Waals surface area contributed by atoms with Crippen molar-refractivity contribution in [2.24, 2.45) is 0 Å². The average molecular weight is 394 g/mol. The first kappa shape index (κ1) is 20.2. The van der Waals surface area contributed by atoms with Crippen LogP contribution >= 0.6 is 11.8 Å². The Morgan fingerprint density at radius 3 is 2.29 bits per heavy atom. The molecule has 146 valence electrons. The molecule has 0 bridgehead atoms. The molecule has 0 aliphatic heterocycles. The first-order chi connectivity index (χ1) is 13.3. The van der Waals surface area contributed by atoms with Gasteiger partial charge in [0.15, 0.2) is 0 Å². The summed E-state index contributed by atoms with van der Waals surface area (Å²) in [6.45, 7) is 10.3. The highest BCUT2D eigenvalue weighted by atomic mass is 32.2. The molecule has 5 heteroatoms. The molecular weight excluding hydrogens is 366 g/mol. The minimum atomic E-state index is -0.0207. The van der Waals surface area contributed by atoms with Gasteiger partial charge in [0.25, 0.3) is 0 Å². The second kappa shape index (κ2) is 8.65. The van der Waals surface area contributed by atoms with Crippen LogP contribution in [0.25, 0.3) is 5.69 Å². The van der Waals surface area contributed by atoms with Crippen LogP contribution < -0.4 is 5.32 Å². The number of aryl methyl sites for hydroxylation is 2. The van der Waals surface area contributed by atoms with Crippen LogP contribution in [0, 0.1) is 20.8 Å². The number of aromatic nitrogens is 2.